The van der Waals surface area contributed by atoms with E-state index in [4.69, 9.17) is 11.6 Å². The minimum absolute atomic E-state index is 0.0406. The van der Waals surface area contributed by atoms with Gasteiger partial charge in [-0.3, -0.25) is 9.36 Å². The van der Waals surface area contributed by atoms with Crippen molar-refractivity contribution in [1.82, 2.24) is 9.55 Å². The molecule has 1 aromatic heterocycles. The largest absolute Gasteiger partial charge is 0.416 e. The minimum Gasteiger partial charge on any atom is -0.268 e. The van der Waals surface area contributed by atoms with Crippen molar-refractivity contribution in [3.8, 4) is 5.69 Å². The topological polar surface area (TPSA) is 34.9 Å². The molecule has 7 heteroatoms. The van der Waals surface area contributed by atoms with Crippen molar-refractivity contribution in [2.45, 2.75) is 12.1 Å². The van der Waals surface area contributed by atoms with Crippen molar-refractivity contribution < 1.29 is 13.2 Å². The molecule has 3 rings (SSSR count). The zero-order valence-electron chi connectivity index (χ0n) is 11.6. The molecule has 0 saturated carbocycles. The van der Waals surface area contributed by atoms with E-state index in [1.807, 2.05) is 0 Å². The number of hydrogen-bond donors (Lipinski definition) is 0. The van der Waals surface area contributed by atoms with Gasteiger partial charge in [0.2, 0.25) is 0 Å². The lowest BCUT2D eigenvalue weighted by Gasteiger charge is -2.13. The highest BCUT2D eigenvalue weighted by molar-refractivity contribution is 6.16. The van der Waals surface area contributed by atoms with Gasteiger partial charge in [0.25, 0.3) is 5.56 Å². The zero-order chi connectivity index (χ0) is 16.6. The predicted molar refractivity (Wildman–Crippen MR) is 81.9 cm³/mol. The quantitative estimate of drug-likeness (QED) is 0.658. The second kappa shape index (κ2) is 5.70. The first kappa shape index (κ1) is 15.6. The number of rotatable bonds is 2. The molecule has 0 atom stereocenters. The van der Waals surface area contributed by atoms with Gasteiger partial charge in [-0.1, -0.05) is 12.1 Å². The van der Waals surface area contributed by atoms with Crippen molar-refractivity contribution in [2.75, 3.05) is 0 Å². The lowest BCUT2D eigenvalue weighted by Crippen LogP contribution is -2.23. The van der Waals surface area contributed by atoms with Crippen LogP contribution in [0.3, 0.4) is 0 Å². The fourth-order valence-corrected chi connectivity index (χ4v) is 2.51. The molecule has 23 heavy (non-hydrogen) atoms. The monoisotopic (exact) mass is 338 g/mol. The summed E-state index contributed by atoms with van der Waals surface area (Å²) >= 11 is 5.86. The number of para-hydroxylation sites is 1. The summed E-state index contributed by atoms with van der Waals surface area (Å²) in [7, 11) is 0. The molecule has 2 aromatic carbocycles. The Hall–Kier alpha value is -2.34. The summed E-state index contributed by atoms with van der Waals surface area (Å²) in [5.41, 5.74) is -0.366. The van der Waals surface area contributed by atoms with Crippen molar-refractivity contribution >= 4 is 22.5 Å². The Kier molecular flexibility index (Phi) is 3.85. The lowest BCUT2D eigenvalue weighted by molar-refractivity contribution is -0.137. The van der Waals surface area contributed by atoms with Crippen LogP contribution in [0, 0.1) is 0 Å². The van der Waals surface area contributed by atoms with Gasteiger partial charge in [0.05, 0.1) is 28.0 Å². The van der Waals surface area contributed by atoms with Gasteiger partial charge in [-0.15, -0.1) is 11.6 Å². The first-order chi connectivity index (χ1) is 10.9. The molecule has 0 amide bonds. The number of fused-ring (bicyclic) bond motifs is 1. The van der Waals surface area contributed by atoms with Crippen molar-refractivity contribution in [2.24, 2.45) is 0 Å². The number of aromatic nitrogens is 2. The van der Waals surface area contributed by atoms with Gasteiger partial charge in [0.1, 0.15) is 5.82 Å². The maximum absolute atomic E-state index is 12.7. The van der Waals surface area contributed by atoms with Crippen LogP contribution in [0.5, 0.6) is 0 Å². The number of hydrogen-bond acceptors (Lipinski definition) is 2. The van der Waals surface area contributed by atoms with Crippen LogP contribution in [0.4, 0.5) is 13.2 Å². The minimum atomic E-state index is -4.43. The van der Waals surface area contributed by atoms with E-state index in [0.29, 0.717) is 10.9 Å². The van der Waals surface area contributed by atoms with Crippen LogP contribution in [0.25, 0.3) is 16.6 Å². The van der Waals surface area contributed by atoms with Crippen LogP contribution in [0.15, 0.2) is 53.3 Å². The third-order valence-electron chi connectivity index (χ3n) is 3.42. The molecule has 3 aromatic rings. The molecule has 0 saturated heterocycles. The highest BCUT2D eigenvalue weighted by Gasteiger charge is 2.30. The van der Waals surface area contributed by atoms with E-state index in [2.05, 4.69) is 4.98 Å². The van der Waals surface area contributed by atoms with Gasteiger partial charge in [0.15, 0.2) is 0 Å². The van der Waals surface area contributed by atoms with Gasteiger partial charge in [0, 0.05) is 0 Å². The molecule has 0 aliphatic rings. The lowest BCUT2D eigenvalue weighted by atomic mass is 10.2. The third-order valence-corrected chi connectivity index (χ3v) is 3.66. The molecule has 0 aliphatic carbocycles. The van der Waals surface area contributed by atoms with Crippen molar-refractivity contribution in [1.29, 1.82) is 0 Å². The summed E-state index contributed by atoms with van der Waals surface area (Å²) in [6.07, 6.45) is -4.43. The van der Waals surface area contributed by atoms with Crippen LogP contribution in [-0.2, 0) is 12.1 Å². The predicted octanol–water partition coefficient (Wildman–Crippen LogP) is 4.14. The summed E-state index contributed by atoms with van der Waals surface area (Å²) in [6, 6.07) is 11.1. The molecular weight excluding hydrogens is 329 g/mol. The Labute approximate surface area is 134 Å². The molecule has 0 aliphatic heterocycles. The first-order valence-corrected chi connectivity index (χ1v) is 7.19. The SMILES string of the molecule is O=c1c2ccccc2nc(CCl)n1-c1ccc(C(F)(F)F)cc1. The van der Waals surface area contributed by atoms with E-state index in [0.717, 1.165) is 12.1 Å². The average molecular weight is 339 g/mol. The van der Waals surface area contributed by atoms with E-state index in [1.165, 1.54) is 16.7 Å². The van der Waals surface area contributed by atoms with E-state index in [9.17, 15) is 18.0 Å². The van der Waals surface area contributed by atoms with E-state index < -0.39 is 11.7 Å². The number of nitrogens with zero attached hydrogens (tertiary/aromatic N) is 2. The van der Waals surface area contributed by atoms with E-state index >= 15 is 0 Å². The molecule has 0 spiro atoms. The molecule has 118 valence electrons. The van der Waals surface area contributed by atoms with Crippen LogP contribution in [0.2, 0.25) is 0 Å². The van der Waals surface area contributed by atoms with E-state index in [1.54, 1.807) is 24.3 Å². The maximum Gasteiger partial charge on any atom is 0.416 e. The molecule has 0 fully saturated rings. The zero-order valence-corrected chi connectivity index (χ0v) is 12.4. The Morgan fingerprint density at radius 2 is 1.70 bits per heavy atom. The highest BCUT2D eigenvalue weighted by atomic mass is 35.5. The summed E-state index contributed by atoms with van der Waals surface area (Å²) in [5, 5.41) is 0.376. The van der Waals surface area contributed by atoms with Crippen LogP contribution >= 0.6 is 11.6 Å². The van der Waals surface area contributed by atoms with E-state index in [-0.39, 0.29) is 23.0 Å². The van der Waals surface area contributed by atoms with Gasteiger partial charge in [-0.25, -0.2) is 4.98 Å². The maximum atomic E-state index is 12.7. The smallest absolute Gasteiger partial charge is 0.268 e. The Morgan fingerprint density at radius 3 is 2.30 bits per heavy atom. The third kappa shape index (κ3) is 2.82. The Bertz CT molecular complexity index is 917. The number of benzene rings is 2. The van der Waals surface area contributed by atoms with Crippen molar-refractivity contribution in [3.63, 3.8) is 0 Å². The molecule has 3 nitrogen and oxygen atoms in total. The summed E-state index contributed by atoms with van der Waals surface area (Å²) < 4.78 is 39.2. The molecular formula is C16H10ClF3N2O. The fourth-order valence-electron chi connectivity index (χ4n) is 2.33. The number of halogens is 4. The highest BCUT2D eigenvalue weighted by Crippen LogP contribution is 2.29. The van der Waals surface area contributed by atoms with Gasteiger partial charge in [-0.05, 0) is 36.4 Å². The van der Waals surface area contributed by atoms with Gasteiger partial charge in [-0.2, -0.15) is 13.2 Å². The molecule has 0 radical (unpaired) electrons. The summed E-state index contributed by atoms with van der Waals surface area (Å²) in [6.45, 7) is 0. The normalized spacial score (nSPS) is 11.8. The molecule has 1 heterocycles. The number of alkyl halides is 4. The van der Waals surface area contributed by atoms with Crippen LogP contribution in [-0.4, -0.2) is 9.55 Å². The molecule has 0 bridgehead atoms. The summed E-state index contributed by atoms with van der Waals surface area (Å²) in [4.78, 5) is 16.9. The van der Waals surface area contributed by atoms with Gasteiger partial charge < -0.3 is 0 Å². The van der Waals surface area contributed by atoms with Crippen LogP contribution in [0.1, 0.15) is 11.4 Å². The Balaban J connectivity index is 2.23. The first-order valence-electron chi connectivity index (χ1n) is 6.66. The van der Waals surface area contributed by atoms with Gasteiger partial charge >= 0.3 is 6.18 Å². The standard InChI is InChI=1S/C16H10ClF3N2O/c17-9-14-21-13-4-2-1-3-12(13)15(23)22(14)11-7-5-10(6-8-11)16(18,19)20/h1-8H,9H2. The second-order valence-corrected chi connectivity index (χ2v) is 5.13. The fraction of sp³-hybridized carbons (Fsp3) is 0.125. The van der Waals surface area contributed by atoms with Crippen molar-refractivity contribution in [3.05, 3.63) is 70.3 Å². The molecule has 0 N–H and O–H groups in total. The average Bonchev–Trinajstić information content (AvgIpc) is 2.54. The summed E-state index contributed by atoms with van der Waals surface area (Å²) in [5.74, 6) is 0.233. The van der Waals surface area contributed by atoms with Crippen LogP contribution < -0.4 is 5.56 Å². The second-order valence-electron chi connectivity index (χ2n) is 4.86. The Morgan fingerprint density at radius 1 is 1.04 bits per heavy atom. The molecule has 0 unspecified atom stereocenters.